The van der Waals surface area contributed by atoms with Crippen molar-refractivity contribution in [2.24, 2.45) is 5.73 Å². The number of ketones is 1. The number of aromatic hydroxyl groups is 1. The second kappa shape index (κ2) is 7.34. The minimum absolute atomic E-state index is 0.0403. The standard InChI is InChI=1S/C23H15ClN2O3/c24-15-8-6-13(7-9-15)19-17(12-25)23(26)29-18-11-10-16(22(28)20(18)19)21(27)14-4-2-1-3-5-14/h1-11,19,28H,26H2. The van der Waals surface area contributed by atoms with Gasteiger partial charge in [0.25, 0.3) is 0 Å². The van der Waals surface area contributed by atoms with E-state index in [-0.39, 0.29) is 28.6 Å². The third kappa shape index (κ3) is 3.20. The van der Waals surface area contributed by atoms with E-state index in [1.54, 1.807) is 60.7 Å². The molecule has 1 aliphatic heterocycles. The first-order valence-electron chi connectivity index (χ1n) is 8.80. The number of hydrogen-bond acceptors (Lipinski definition) is 5. The van der Waals surface area contributed by atoms with Gasteiger partial charge in [0.1, 0.15) is 23.1 Å². The van der Waals surface area contributed by atoms with Crippen LogP contribution in [0.1, 0.15) is 33.0 Å². The van der Waals surface area contributed by atoms with Crippen LogP contribution in [-0.4, -0.2) is 10.9 Å². The zero-order valence-electron chi connectivity index (χ0n) is 15.1. The Morgan fingerprint density at radius 3 is 2.41 bits per heavy atom. The van der Waals surface area contributed by atoms with Gasteiger partial charge in [0.05, 0.1) is 17.0 Å². The molecule has 5 nitrogen and oxygen atoms in total. The lowest BCUT2D eigenvalue weighted by molar-refractivity contribution is 0.103. The summed E-state index contributed by atoms with van der Waals surface area (Å²) in [7, 11) is 0. The van der Waals surface area contributed by atoms with Gasteiger partial charge in [-0.1, -0.05) is 54.1 Å². The van der Waals surface area contributed by atoms with Crippen molar-refractivity contribution in [2.45, 2.75) is 5.92 Å². The Bertz CT molecular complexity index is 1180. The van der Waals surface area contributed by atoms with Crippen molar-refractivity contribution in [1.29, 1.82) is 5.26 Å². The zero-order chi connectivity index (χ0) is 20.5. The lowest BCUT2D eigenvalue weighted by Gasteiger charge is -2.28. The summed E-state index contributed by atoms with van der Waals surface area (Å²) < 4.78 is 5.57. The number of ether oxygens (including phenoxy) is 1. The number of benzene rings is 3. The number of halogens is 1. The summed E-state index contributed by atoms with van der Waals surface area (Å²) in [5, 5.41) is 21.3. The highest BCUT2D eigenvalue weighted by molar-refractivity contribution is 6.30. The van der Waals surface area contributed by atoms with Gasteiger partial charge in [-0.2, -0.15) is 5.26 Å². The molecular formula is C23H15ClN2O3. The van der Waals surface area contributed by atoms with E-state index in [9.17, 15) is 15.2 Å². The largest absolute Gasteiger partial charge is 0.507 e. The molecule has 1 heterocycles. The Labute approximate surface area is 172 Å². The molecule has 1 aliphatic rings. The first kappa shape index (κ1) is 18.6. The molecule has 0 saturated heterocycles. The summed E-state index contributed by atoms with van der Waals surface area (Å²) in [5.74, 6) is -1.01. The smallest absolute Gasteiger partial charge is 0.205 e. The van der Waals surface area contributed by atoms with Crippen LogP contribution in [0, 0.1) is 11.3 Å². The SMILES string of the molecule is N#CC1=C(N)Oc2ccc(C(=O)c3ccccc3)c(O)c2C1c1ccc(Cl)cc1. The summed E-state index contributed by atoms with van der Waals surface area (Å²) in [6.07, 6.45) is 0. The maximum Gasteiger partial charge on any atom is 0.205 e. The molecule has 0 spiro atoms. The average molecular weight is 403 g/mol. The van der Waals surface area contributed by atoms with Crippen molar-refractivity contribution < 1.29 is 14.6 Å². The molecule has 3 aromatic rings. The Hall–Kier alpha value is -3.75. The number of nitrogens with two attached hydrogens (primary N) is 1. The van der Waals surface area contributed by atoms with E-state index >= 15 is 0 Å². The molecule has 0 aromatic heterocycles. The molecule has 1 unspecified atom stereocenters. The lowest BCUT2D eigenvalue weighted by atomic mass is 9.81. The van der Waals surface area contributed by atoms with Gasteiger partial charge in [0.2, 0.25) is 5.88 Å². The van der Waals surface area contributed by atoms with Gasteiger partial charge in [0, 0.05) is 10.6 Å². The van der Waals surface area contributed by atoms with Crippen LogP contribution in [0.15, 0.2) is 78.2 Å². The number of allylic oxidation sites excluding steroid dienone is 1. The normalized spacial score (nSPS) is 15.2. The predicted molar refractivity (Wildman–Crippen MR) is 109 cm³/mol. The molecule has 6 heteroatoms. The molecule has 0 radical (unpaired) electrons. The third-order valence-electron chi connectivity index (χ3n) is 4.84. The fourth-order valence-corrected chi connectivity index (χ4v) is 3.58. The molecule has 3 N–H and O–H groups in total. The van der Waals surface area contributed by atoms with E-state index < -0.39 is 5.92 Å². The molecule has 142 valence electrons. The van der Waals surface area contributed by atoms with E-state index in [0.29, 0.717) is 27.5 Å². The number of phenolic OH excluding ortho intramolecular Hbond substituents is 1. The van der Waals surface area contributed by atoms with Crippen LogP contribution >= 0.6 is 11.6 Å². The van der Waals surface area contributed by atoms with Crippen LogP contribution in [0.25, 0.3) is 0 Å². The number of carbonyl (C=O) groups is 1. The Morgan fingerprint density at radius 2 is 1.76 bits per heavy atom. The van der Waals surface area contributed by atoms with Crippen LogP contribution in [-0.2, 0) is 0 Å². The van der Waals surface area contributed by atoms with Crippen molar-refractivity contribution in [1.82, 2.24) is 0 Å². The second-order valence-electron chi connectivity index (χ2n) is 6.55. The van der Waals surface area contributed by atoms with Crippen molar-refractivity contribution in [2.75, 3.05) is 0 Å². The van der Waals surface area contributed by atoms with Gasteiger partial charge < -0.3 is 15.6 Å². The van der Waals surface area contributed by atoms with E-state index in [4.69, 9.17) is 22.1 Å². The molecule has 4 rings (SSSR count). The summed E-state index contributed by atoms with van der Waals surface area (Å²) in [6.45, 7) is 0. The van der Waals surface area contributed by atoms with E-state index in [1.165, 1.54) is 6.07 Å². The molecule has 0 bridgehead atoms. The minimum Gasteiger partial charge on any atom is -0.507 e. The van der Waals surface area contributed by atoms with Gasteiger partial charge in [-0.05, 0) is 29.8 Å². The number of nitriles is 1. The summed E-state index contributed by atoms with van der Waals surface area (Å²) >= 11 is 6.00. The Balaban J connectivity index is 1.92. The van der Waals surface area contributed by atoms with E-state index in [0.717, 1.165) is 0 Å². The molecular weight excluding hydrogens is 388 g/mol. The third-order valence-corrected chi connectivity index (χ3v) is 5.10. The summed E-state index contributed by atoms with van der Waals surface area (Å²) in [6, 6.07) is 20.7. The Morgan fingerprint density at radius 1 is 1.07 bits per heavy atom. The van der Waals surface area contributed by atoms with Gasteiger partial charge in [0.15, 0.2) is 5.78 Å². The molecule has 0 saturated carbocycles. The quantitative estimate of drug-likeness (QED) is 0.629. The summed E-state index contributed by atoms with van der Waals surface area (Å²) in [4.78, 5) is 12.9. The average Bonchev–Trinajstić information content (AvgIpc) is 2.74. The highest BCUT2D eigenvalue weighted by Gasteiger charge is 2.35. The molecule has 0 amide bonds. The lowest BCUT2D eigenvalue weighted by Crippen LogP contribution is -2.21. The van der Waals surface area contributed by atoms with Crippen molar-refractivity contribution >= 4 is 17.4 Å². The first-order chi connectivity index (χ1) is 14.0. The number of carbonyl (C=O) groups excluding carboxylic acids is 1. The van der Waals surface area contributed by atoms with Crippen LogP contribution in [0.5, 0.6) is 11.5 Å². The van der Waals surface area contributed by atoms with Crippen molar-refractivity contribution in [3.8, 4) is 17.6 Å². The second-order valence-corrected chi connectivity index (χ2v) is 6.98. The fourth-order valence-electron chi connectivity index (χ4n) is 3.45. The van der Waals surface area contributed by atoms with E-state index in [2.05, 4.69) is 6.07 Å². The van der Waals surface area contributed by atoms with Gasteiger partial charge in [-0.25, -0.2) is 0 Å². The van der Waals surface area contributed by atoms with Crippen molar-refractivity contribution in [3.63, 3.8) is 0 Å². The molecule has 3 aromatic carbocycles. The molecule has 29 heavy (non-hydrogen) atoms. The van der Waals surface area contributed by atoms with Gasteiger partial charge >= 0.3 is 0 Å². The number of nitrogens with zero attached hydrogens (tertiary/aromatic N) is 1. The van der Waals surface area contributed by atoms with Crippen LogP contribution in [0.3, 0.4) is 0 Å². The maximum absolute atomic E-state index is 12.9. The number of fused-ring (bicyclic) bond motifs is 1. The highest BCUT2D eigenvalue weighted by Crippen LogP contribution is 2.47. The molecule has 0 fully saturated rings. The minimum atomic E-state index is -0.690. The van der Waals surface area contributed by atoms with Crippen LogP contribution < -0.4 is 10.5 Å². The van der Waals surface area contributed by atoms with Crippen molar-refractivity contribution in [3.05, 3.63) is 105 Å². The maximum atomic E-state index is 12.9. The number of rotatable bonds is 3. The van der Waals surface area contributed by atoms with E-state index in [1.807, 2.05) is 0 Å². The molecule has 1 atom stereocenters. The number of hydrogen-bond donors (Lipinski definition) is 2. The number of phenols is 1. The summed E-state index contributed by atoms with van der Waals surface area (Å²) in [5.41, 5.74) is 7.69. The van der Waals surface area contributed by atoms with Gasteiger partial charge in [-0.3, -0.25) is 4.79 Å². The Kier molecular flexibility index (Phi) is 4.71. The highest BCUT2D eigenvalue weighted by atomic mass is 35.5. The fraction of sp³-hybridized carbons (Fsp3) is 0.0435. The van der Waals surface area contributed by atoms with Gasteiger partial charge in [-0.15, -0.1) is 0 Å². The topological polar surface area (TPSA) is 96.3 Å². The monoisotopic (exact) mass is 402 g/mol. The van der Waals surface area contributed by atoms with Crippen LogP contribution in [0.4, 0.5) is 0 Å². The predicted octanol–water partition coefficient (Wildman–Crippen LogP) is 4.49. The first-order valence-corrected chi connectivity index (χ1v) is 9.17. The molecule has 0 aliphatic carbocycles. The van der Waals surface area contributed by atoms with Crippen LogP contribution in [0.2, 0.25) is 5.02 Å². The zero-order valence-corrected chi connectivity index (χ0v) is 15.9.